The Bertz CT molecular complexity index is 515. The van der Waals surface area contributed by atoms with Crippen molar-refractivity contribution in [2.75, 3.05) is 13.7 Å². The molecule has 0 unspecified atom stereocenters. The molecule has 1 aliphatic rings. The first kappa shape index (κ1) is 15.3. The minimum Gasteiger partial charge on any atom is -0.508 e. The van der Waals surface area contributed by atoms with Crippen molar-refractivity contribution < 1.29 is 19.4 Å². The van der Waals surface area contributed by atoms with E-state index in [1.165, 1.54) is 12.0 Å². The minimum atomic E-state index is -0.709. The van der Waals surface area contributed by atoms with E-state index in [0.29, 0.717) is 19.4 Å². The van der Waals surface area contributed by atoms with Crippen LogP contribution < -0.4 is 5.73 Å². The molecule has 1 aromatic rings. The van der Waals surface area contributed by atoms with Crippen molar-refractivity contribution in [3.8, 4) is 5.75 Å². The second-order valence-electron chi connectivity index (χ2n) is 5.19. The number of phenolic OH excluding ortho intramolecular Hbond substituents is 1. The van der Waals surface area contributed by atoms with E-state index in [1.54, 1.807) is 24.3 Å². The van der Waals surface area contributed by atoms with Gasteiger partial charge in [-0.25, -0.2) is 4.79 Å². The van der Waals surface area contributed by atoms with Crippen LogP contribution in [0.3, 0.4) is 0 Å². The molecule has 6 heteroatoms. The summed E-state index contributed by atoms with van der Waals surface area (Å²) in [5.41, 5.74) is 6.83. The summed E-state index contributed by atoms with van der Waals surface area (Å²) in [5.74, 6) is -0.461. The molecule has 1 saturated heterocycles. The van der Waals surface area contributed by atoms with Gasteiger partial charge in [0.25, 0.3) is 0 Å². The van der Waals surface area contributed by atoms with Crippen molar-refractivity contribution >= 4 is 11.9 Å². The summed E-state index contributed by atoms with van der Waals surface area (Å²) in [7, 11) is 1.32. The van der Waals surface area contributed by atoms with Gasteiger partial charge >= 0.3 is 5.97 Å². The fourth-order valence-electron chi connectivity index (χ4n) is 2.60. The smallest absolute Gasteiger partial charge is 0.328 e. The number of ether oxygens (including phenoxy) is 1. The van der Waals surface area contributed by atoms with Gasteiger partial charge in [0, 0.05) is 6.54 Å². The number of amides is 1. The molecule has 1 aromatic carbocycles. The van der Waals surface area contributed by atoms with Crippen LogP contribution >= 0.6 is 0 Å². The highest BCUT2D eigenvalue weighted by Gasteiger charge is 2.36. The van der Waals surface area contributed by atoms with Gasteiger partial charge in [0.15, 0.2) is 0 Å². The summed E-state index contributed by atoms with van der Waals surface area (Å²) in [6.45, 7) is 0.530. The third-order valence-electron chi connectivity index (χ3n) is 3.72. The van der Waals surface area contributed by atoms with Crippen LogP contribution in [0.25, 0.3) is 0 Å². The van der Waals surface area contributed by atoms with Crippen LogP contribution in [0.2, 0.25) is 0 Å². The molecule has 0 aliphatic carbocycles. The number of hydrogen-bond acceptors (Lipinski definition) is 5. The molecule has 1 aliphatic heterocycles. The number of carbonyl (C=O) groups is 2. The number of esters is 1. The Morgan fingerprint density at radius 2 is 2.10 bits per heavy atom. The number of nitrogens with zero attached hydrogens (tertiary/aromatic N) is 1. The molecule has 3 N–H and O–H groups in total. The highest BCUT2D eigenvalue weighted by atomic mass is 16.5. The molecule has 6 nitrogen and oxygen atoms in total. The lowest BCUT2D eigenvalue weighted by Crippen LogP contribution is -2.49. The summed E-state index contributed by atoms with van der Waals surface area (Å²) in [5, 5.41) is 9.24. The molecular weight excluding hydrogens is 272 g/mol. The largest absolute Gasteiger partial charge is 0.508 e. The standard InChI is InChI=1S/C15H20N2O4/c1-21-15(20)13-3-2-8-17(13)14(19)12(16)9-10-4-6-11(18)7-5-10/h4-7,12-13,18H,2-3,8-9,16H2,1H3/t12-,13+/m1/s1. The number of methoxy groups -OCH3 is 1. The van der Waals surface area contributed by atoms with Crippen LogP contribution in [0.1, 0.15) is 18.4 Å². The van der Waals surface area contributed by atoms with Gasteiger partial charge in [-0.1, -0.05) is 12.1 Å². The zero-order valence-electron chi connectivity index (χ0n) is 12.0. The molecule has 2 atom stereocenters. The van der Waals surface area contributed by atoms with Crippen molar-refractivity contribution in [2.24, 2.45) is 5.73 Å². The fourth-order valence-corrected chi connectivity index (χ4v) is 2.60. The number of benzene rings is 1. The first-order valence-electron chi connectivity index (χ1n) is 6.94. The number of phenols is 1. The number of aromatic hydroxyl groups is 1. The van der Waals surface area contributed by atoms with Gasteiger partial charge in [-0.2, -0.15) is 0 Å². The van der Waals surface area contributed by atoms with Crippen molar-refractivity contribution in [1.82, 2.24) is 4.90 Å². The molecule has 1 fully saturated rings. The van der Waals surface area contributed by atoms with Crippen molar-refractivity contribution in [3.63, 3.8) is 0 Å². The molecule has 0 bridgehead atoms. The van der Waals surface area contributed by atoms with Crippen LogP contribution in [0, 0.1) is 0 Å². The molecule has 0 spiro atoms. The lowest BCUT2D eigenvalue weighted by Gasteiger charge is -2.25. The van der Waals surface area contributed by atoms with Crippen LogP contribution in [0.5, 0.6) is 5.75 Å². The normalized spacial score (nSPS) is 19.3. The number of carbonyl (C=O) groups excluding carboxylic acids is 2. The van der Waals surface area contributed by atoms with Crippen LogP contribution in [-0.2, 0) is 20.7 Å². The third-order valence-corrected chi connectivity index (χ3v) is 3.72. The zero-order valence-corrected chi connectivity index (χ0v) is 12.0. The maximum Gasteiger partial charge on any atom is 0.328 e. The van der Waals surface area contributed by atoms with Crippen LogP contribution in [-0.4, -0.2) is 47.6 Å². The monoisotopic (exact) mass is 292 g/mol. The van der Waals surface area contributed by atoms with Gasteiger partial charge in [0.2, 0.25) is 5.91 Å². The van der Waals surface area contributed by atoms with E-state index in [1.807, 2.05) is 0 Å². The lowest BCUT2D eigenvalue weighted by molar-refractivity contribution is -0.151. The van der Waals surface area contributed by atoms with Crippen molar-refractivity contribution in [3.05, 3.63) is 29.8 Å². The molecule has 21 heavy (non-hydrogen) atoms. The maximum atomic E-state index is 12.4. The van der Waals surface area contributed by atoms with Gasteiger partial charge in [-0.15, -0.1) is 0 Å². The molecule has 0 radical (unpaired) electrons. The average molecular weight is 292 g/mol. The molecule has 2 rings (SSSR count). The first-order valence-corrected chi connectivity index (χ1v) is 6.94. The first-order chi connectivity index (χ1) is 10.0. The van der Waals surface area contributed by atoms with Gasteiger partial charge < -0.3 is 20.5 Å². The number of rotatable bonds is 4. The molecule has 1 heterocycles. The fraction of sp³-hybridized carbons (Fsp3) is 0.467. The summed E-state index contributed by atoms with van der Waals surface area (Å²) < 4.78 is 4.72. The Morgan fingerprint density at radius 1 is 1.43 bits per heavy atom. The van der Waals surface area contributed by atoms with E-state index >= 15 is 0 Å². The van der Waals surface area contributed by atoms with Gasteiger partial charge in [-0.05, 0) is 37.0 Å². The van der Waals surface area contributed by atoms with E-state index in [-0.39, 0.29) is 11.7 Å². The predicted octanol–water partition coefficient (Wildman–Crippen LogP) is 0.426. The number of nitrogens with two attached hydrogens (primary N) is 1. The lowest BCUT2D eigenvalue weighted by atomic mass is 10.0. The second kappa shape index (κ2) is 6.58. The zero-order chi connectivity index (χ0) is 15.4. The van der Waals surface area contributed by atoms with E-state index in [2.05, 4.69) is 0 Å². The maximum absolute atomic E-state index is 12.4. The Morgan fingerprint density at radius 3 is 2.71 bits per heavy atom. The quantitative estimate of drug-likeness (QED) is 0.785. The SMILES string of the molecule is COC(=O)[C@@H]1CCCN1C(=O)[C@H](N)Cc1ccc(O)cc1. The van der Waals surface area contributed by atoms with Gasteiger partial charge in [0.1, 0.15) is 11.8 Å². The summed E-state index contributed by atoms with van der Waals surface area (Å²) in [6.07, 6.45) is 1.76. The number of hydrogen-bond donors (Lipinski definition) is 2. The average Bonchev–Trinajstić information content (AvgIpc) is 2.97. The van der Waals surface area contributed by atoms with E-state index < -0.39 is 18.1 Å². The van der Waals surface area contributed by atoms with E-state index in [9.17, 15) is 14.7 Å². The van der Waals surface area contributed by atoms with Gasteiger partial charge in [0.05, 0.1) is 13.2 Å². The Kier molecular flexibility index (Phi) is 4.80. The predicted molar refractivity (Wildman–Crippen MR) is 76.5 cm³/mol. The highest BCUT2D eigenvalue weighted by molar-refractivity contribution is 5.88. The van der Waals surface area contributed by atoms with Gasteiger partial charge in [-0.3, -0.25) is 4.79 Å². The van der Waals surface area contributed by atoms with Crippen LogP contribution in [0.15, 0.2) is 24.3 Å². The summed E-state index contributed by atoms with van der Waals surface area (Å²) in [4.78, 5) is 25.6. The molecule has 0 saturated carbocycles. The summed E-state index contributed by atoms with van der Waals surface area (Å²) in [6, 6.07) is 5.33. The van der Waals surface area contributed by atoms with Crippen LogP contribution in [0.4, 0.5) is 0 Å². The molecule has 1 amide bonds. The molecule has 114 valence electrons. The minimum absolute atomic E-state index is 0.170. The number of likely N-dealkylation sites (tertiary alicyclic amines) is 1. The Labute approximate surface area is 123 Å². The topological polar surface area (TPSA) is 92.9 Å². The Hall–Kier alpha value is -2.08. The van der Waals surface area contributed by atoms with Crippen molar-refractivity contribution in [1.29, 1.82) is 0 Å². The van der Waals surface area contributed by atoms with Crippen molar-refractivity contribution in [2.45, 2.75) is 31.3 Å². The van der Waals surface area contributed by atoms with E-state index in [4.69, 9.17) is 10.5 Å². The van der Waals surface area contributed by atoms with E-state index in [0.717, 1.165) is 12.0 Å². The Balaban J connectivity index is 2.01. The third kappa shape index (κ3) is 3.52. The molecular formula is C15H20N2O4. The second-order valence-corrected chi connectivity index (χ2v) is 5.19. The molecule has 0 aromatic heterocycles. The highest BCUT2D eigenvalue weighted by Crippen LogP contribution is 2.20. The summed E-state index contributed by atoms with van der Waals surface area (Å²) >= 11 is 0.